The summed E-state index contributed by atoms with van der Waals surface area (Å²) < 4.78 is 13.2. The van der Waals surface area contributed by atoms with Crippen LogP contribution in [-0.4, -0.2) is 66.1 Å². The molecule has 2 amide bonds. The molecule has 8 rings (SSSR count). The number of ether oxygens (including phenoxy) is 2. The Morgan fingerprint density at radius 3 is 2.29 bits per heavy atom. The standard InChI is InChI=1S/C38H34ClN3O3.C5H11NO/c39-29-13-18-32(38(44)41-21-19-27-10-4-5-11-28(27)24-41)33(22-29)36-23-34(35-12-6-7-20-42(35)36)37(43)40-30-14-16-31(17-15-30)45-25-26-8-2-1-3-9-26;1-6-2-4-7-5-3-6/h1-5,8-11,13-18,22-23H,6-7,12,19-21,24-25H2,(H,40,43);2-5H2,1H3. The number of nitrogens with one attached hydrogen (secondary N) is 1. The van der Waals surface area contributed by atoms with Gasteiger partial charge in [-0.2, -0.15) is 0 Å². The van der Waals surface area contributed by atoms with Crippen LogP contribution in [0, 0.1) is 0 Å². The van der Waals surface area contributed by atoms with Crippen LogP contribution in [0.3, 0.4) is 0 Å². The molecule has 4 aromatic carbocycles. The van der Waals surface area contributed by atoms with Gasteiger partial charge in [-0.3, -0.25) is 9.59 Å². The van der Waals surface area contributed by atoms with Gasteiger partial charge in [0.25, 0.3) is 11.8 Å². The van der Waals surface area contributed by atoms with Crippen LogP contribution >= 0.6 is 11.6 Å². The molecule has 0 aliphatic carbocycles. The Labute approximate surface area is 310 Å². The summed E-state index contributed by atoms with van der Waals surface area (Å²) in [7, 11) is 2.11. The summed E-state index contributed by atoms with van der Waals surface area (Å²) in [6.07, 6.45) is 3.64. The number of hydrogen-bond acceptors (Lipinski definition) is 5. The minimum absolute atomic E-state index is 0.0249. The van der Waals surface area contributed by atoms with E-state index in [1.165, 1.54) is 11.1 Å². The number of rotatable bonds is 7. The van der Waals surface area contributed by atoms with E-state index in [2.05, 4.69) is 34.0 Å². The van der Waals surface area contributed by atoms with Crippen LogP contribution in [0.15, 0.2) is 103 Å². The van der Waals surface area contributed by atoms with Crippen LogP contribution in [0.25, 0.3) is 11.3 Å². The number of carbonyl (C=O) groups excluding carboxylic acids is 2. The number of benzene rings is 4. The second-order valence-corrected chi connectivity index (χ2v) is 14.0. The van der Waals surface area contributed by atoms with Gasteiger partial charge in [0.05, 0.1) is 18.8 Å². The maximum absolute atomic E-state index is 14.0. The van der Waals surface area contributed by atoms with Crippen LogP contribution in [0.4, 0.5) is 5.69 Å². The van der Waals surface area contributed by atoms with E-state index in [0.717, 1.165) is 86.8 Å². The van der Waals surface area contributed by atoms with Gasteiger partial charge in [-0.25, -0.2) is 0 Å². The van der Waals surface area contributed by atoms with E-state index < -0.39 is 0 Å². The lowest BCUT2D eigenvalue weighted by Crippen LogP contribution is -2.36. The summed E-state index contributed by atoms with van der Waals surface area (Å²) in [6, 6.07) is 33.1. The average molecular weight is 717 g/mol. The van der Waals surface area contributed by atoms with Gasteiger partial charge in [-0.05, 0) is 98.0 Å². The first-order valence-corrected chi connectivity index (χ1v) is 18.5. The lowest BCUT2D eigenvalue weighted by atomic mass is 9.97. The van der Waals surface area contributed by atoms with E-state index in [-0.39, 0.29) is 11.8 Å². The van der Waals surface area contributed by atoms with E-state index >= 15 is 0 Å². The highest BCUT2D eigenvalue weighted by Gasteiger charge is 2.28. The zero-order chi connectivity index (χ0) is 35.9. The van der Waals surface area contributed by atoms with Crippen LogP contribution in [-0.2, 0) is 37.3 Å². The largest absolute Gasteiger partial charge is 0.489 e. The molecule has 0 radical (unpaired) electrons. The third-order valence-electron chi connectivity index (χ3n) is 10.00. The molecular weight excluding hydrogens is 672 g/mol. The Morgan fingerprint density at radius 1 is 0.788 bits per heavy atom. The van der Waals surface area contributed by atoms with Crippen LogP contribution in [0.5, 0.6) is 5.75 Å². The predicted octanol–water partition coefficient (Wildman–Crippen LogP) is 8.12. The number of aromatic nitrogens is 1. The molecule has 1 fully saturated rings. The number of nitrogens with zero attached hydrogens (tertiary/aromatic N) is 3. The van der Waals surface area contributed by atoms with Crippen molar-refractivity contribution in [3.63, 3.8) is 0 Å². The summed E-state index contributed by atoms with van der Waals surface area (Å²) in [5.74, 6) is 0.534. The van der Waals surface area contributed by atoms with Gasteiger partial charge in [0.15, 0.2) is 0 Å². The molecule has 1 saturated heterocycles. The highest BCUT2D eigenvalue weighted by atomic mass is 35.5. The van der Waals surface area contributed by atoms with Crippen molar-refractivity contribution in [3.8, 4) is 17.0 Å². The minimum atomic E-state index is -0.174. The molecule has 4 heterocycles. The van der Waals surface area contributed by atoms with Gasteiger partial charge in [0.1, 0.15) is 12.4 Å². The van der Waals surface area contributed by atoms with Crippen molar-refractivity contribution in [1.29, 1.82) is 0 Å². The SMILES string of the molecule is CN1CCOCC1.O=C(Nc1ccc(OCc2ccccc2)cc1)c1cc(-c2cc(Cl)ccc2C(=O)N2CCc3ccccc3C2)n2c1CCCC2. The van der Waals surface area contributed by atoms with Gasteiger partial charge in [-0.15, -0.1) is 0 Å². The number of anilines is 1. The maximum atomic E-state index is 14.0. The summed E-state index contributed by atoms with van der Waals surface area (Å²) in [4.78, 5) is 31.9. The molecule has 52 heavy (non-hydrogen) atoms. The molecular formula is C43H45ClN4O4. The van der Waals surface area contributed by atoms with Crippen molar-refractivity contribution in [1.82, 2.24) is 14.4 Å². The molecule has 8 nitrogen and oxygen atoms in total. The number of halogens is 1. The van der Waals surface area contributed by atoms with Gasteiger partial charge >= 0.3 is 0 Å². The molecule has 1 N–H and O–H groups in total. The van der Waals surface area contributed by atoms with Gasteiger partial charge < -0.3 is 29.2 Å². The van der Waals surface area contributed by atoms with E-state index in [1.54, 1.807) is 6.07 Å². The van der Waals surface area contributed by atoms with Crippen molar-refractivity contribution in [2.75, 3.05) is 45.2 Å². The molecule has 9 heteroatoms. The second kappa shape index (κ2) is 16.6. The number of amides is 2. The van der Waals surface area contributed by atoms with Crippen LogP contribution < -0.4 is 10.1 Å². The molecule has 0 unspecified atom stereocenters. The number of carbonyl (C=O) groups is 2. The van der Waals surface area contributed by atoms with Gasteiger partial charge in [0.2, 0.25) is 0 Å². The average Bonchev–Trinajstić information content (AvgIpc) is 3.58. The molecule has 5 aromatic rings. The fourth-order valence-electron chi connectivity index (χ4n) is 7.08. The molecule has 3 aliphatic heterocycles. The lowest BCUT2D eigenvalue weighted by molar-refractivity contribution is 0.0503. The quantitative estimate of drug-likeness (QED) is 0.184. The Morgan fingerprint density at radius 2 is 1.54 bits per heavy atom. The van der Waals surface area contributed by atoms with E-state index in [1.807, 2.05) is 89.8 Å². The molecule has 1 aromatic heterocycles. The van der Waals surface area contributed by atoms with E-state index in [9.17, 15) is 9.59 Å². The van der Waals surface area contributed by atoms with E-state index in [4.69, 9.17) is 21.1 Å². The Kier molecular flexibility index (Phi) is 11.4. The molecule has 268 valence electrons. The van der Waals surface area contributed by atoms with Crippen LogP contribution in [0.1, 0.15) is 55.9 Å². The Bertz CT molecular complexity index is 2000. The fourth-order valence-corrected chi connectivity index (χ4v) is 7.25. The van der Waals surface area contributed by atoms with E-state index in [0.29, 0.717) is 41.5 Å². The van der Waals surface area contributed by atoms with Crippen LogP contribution in [0.2, 0.25) is 5.02 Å². The fraction of sp³-hybridized carbons (Fsp3) is 0.302. The third-order valence-corrected chi connectivity index (χ3v) is 10.2. The minimum Gasteiger partial charge on any atom is -0.489 e. The highest BCUT2D eigenvalue weighted by Crippen LogP contribution is 2.35. The molecule has 0 atom stereocenters. The predicted molar refractivity (Wildman–Crippen MR) is 206 cm³/mol. The third kappa shape index (κ3) is 8.42. The van der Waals surface area contributed by atoms with Gasteiger partial charge in [0, 0.05) is 65.9 Å². The normalized spacial score (nSPS) is 15.5. The number of morpholine rings is 1. The van der Waals surface area contributed by atoms with Crippen molar-refractivity contribution in [2.45, 2.75) is 45.4 Å². The molecule has 3 aliphatic rings. The number of hydrogen-bond donors (Lipinski definition) is 1. The van der Waals surface area contributed by atoms with Crippen molar-refractivity contribution in [3.05, 3.63) is 142 Å². The summed E-state index contributed by atoms with van der Waals surface area (Å²) >= 11 is 6.53. The number of likely N-dealkylation sites (N-methyl/N-ethyl adjacent to an activating group) is 1. The van der Waals surface area contributed by atoms with Crippen molar-refractivity contribution < 1.29 is 19.1 Å². The zero-order valence-corrected chi connectivity index (χ0v) is 30.4. The second-order valence-electron chi connectivity index (χ2n) is 13.6. The zero-order valence-electron chi connectivity index (χ0n) is 29.7. The summed E-state index contributed by atoms with van der Waals surface area (Å²) in [6.45, 7) is 6.52. The van der Waals surface area contributed by atoms with Crippen molar-refractivity contribution in [2.24, 2.45) is 0 Å². The maximum Gasteiger partial charge on any atom is 0.257 e. The molecule has 0 saturated carbocycles. The summed E-state index contributed by atoms with van der Waals surface area (Å²) in [5, 5.41) is 3.63. The Hall–Kier alpha value is -4.89. The first-order chi connectivity index (χ1) is 25.4. The number of fused-ring (bicyclic) bond motifs is 2. The molecule has 0 bridgehead atoms. The lowest BCUT2D eigenvalue weighted by Gasteiger charge is -2.30. The Balaban J connectivity index is 0.000000539. The monoisotopic (exact) mass is 716 g/mol. The summed E-state index contributed by atoms with van der Waals surface area (Å²) in [5.41, 5.74) is 8.08. The smallest absolute Gasteiger partial charge is 0.257 e. The highest BCUT2D eigenvalue weighted by molar-refractivity contribution is 6.31. The van der Waals surface area contributed by atoms with Gasteiger partial charge in [-0.1, -0.05) is 66.2 Å². The van der Waals surface area contributed by atoms with Crippen molar-refractivity contribution >= 4 is 29.1 Å². The first-order valence-electron chi connectivity index (χ1n) is 18.2. The molecule has 0 spiro atoms. The first kappa shape index (κ1) is 35.5. The topological polar surface area (TPSA) is 76.0 Å².